The maximum atomic E-state index is 13.5. The Hall–Kier alpha value is -2.27. The Morgan fingerprint density at radius 2 is 1.75 bits per heavy atom. The van der Waals surface area contributed by atoms with Crippen molar-refractivity contribution in [3.05, 3.63) is 71.3 Å². The van der Waals surface area contributed by atoms with Gasteiger partial charge in [0.05, 0.1) is 0 Å². The SMILES string of the molecule is O=C(O)C(NCc1ccccc1F)c1ccc(F)cc1. The van der Waals surface area contributed by atoms with E-state index in [9.17, 15) is 18.7 Å². The Kier molecular flexibility index (Phi) is 4.42. The Morgan fingerprint density at radius 3 is 2.35 bits per heavy atom. The van der Waals surface area contributed by atoms with E-state index in [0.717, 1.165) is 0 Å². The van der Waals surface area contributed by atoms with E-state index < -0.39 is 23.6 Å². The van der Waals surface area contributed by atoms with Crippen molar-refractivity contribution in [2.45, 2.75) is 12.6 Å². The van der Waals surface area contributed by atoms with Crippen LogP contribution in [0.2, 0.25) is 0 Å². The van der Waals surface area contributed by atoms with Gasteiger partial charge in [-0.25, -0.2) is 8.78 Å². The minimum atomic E-state index is -1.10. The summed E-state index contributed by atoms with van der Waals surface area (Å²) >= 11 is 0. The first-order valence-electron chi connectivity index (χ1n) is 6.03. The third kappa shape index (κ3) is 3.39. The summed E-state index contributed by atoms with van der Waals surface area (Å²) in [6, 6.07) is 10.3. The molecule has 0 radical (unpaired) electrons. The highest BCUT2D eigenvalue weighted by atomic mass is 19.1. The number of carboxylic acids is 1. The Labute approximate surface area is 114 Å². The summed E-state index contributed by atoms with van der Waals surface area (Å²) in [5.41, 5.74) is 0.788. The van der Waals surface area contributed by atoms with E-state index in [0.29, 0.717) is 11.1 Å². The van der Waals surface area contributed by atoms with Crippen LogP contribution in [0, 0.1) is 11.6 Å². The predicted molar refractivity (Wildman–Crippen MR) is 70.0 cm³/mol. The first kappa shape index (κ1) is 14.1. The molecule has 0 aliphatic carbocycles. The molecular formula is C15H13F2NO2. The Morgan fingerprint density at radius 1 is 1.10 bits per heavy atom. The van der Waals surface area contributed by atoms with Crippen molar-refractivity contribution < 1.29 is 18.7 Å². The highest BCUT2D eigenvalue weighted by molar-refractivity contribution is 5.75. The second kappa shape index (κ2) is 6.25. The van der Waals surface area contributed by atoms with E-state index in [4.69, 9.17) is 0 Å². The summed E-state index contributed by atoms with van der Waals surface area (Å²) in [5.74, 6) is -1.94. The average Bonchev–Trinajstić information content (AvgIpc) is 2.42. The molecule has 5 heteroatoms. The van der Waals surface area contributed by atoms with Gasteiger partial charge >= 0.3 is 5.97 Å². The number of rotatable bonds is 5. The van der Waals surface area contributed by atoms with E-state index >= 15 is 0 Å². The molecule has 0 amide bonds. The van der Waals surface area contributed by atoms with E-state index in [-0.39, 0.29) is 6.54 Å². The molecule has 0 spiro atoms. The summed E-state index contributed by atoms with van der Waals surface area (Å²) in [6.45, 7) is 0.0705. The second-order valence-corrected chi connectivity index (χ2v) is 4.30. The maximum absolute atomic E-state index is 13.5. The van der Waals surface area contributed by atoms with Crippen LogP contribution in [0.1, 0.15) is 17.2 Å². The fourth-order valence-corrected chi connectivity index (χ4v) is 1.86. The van der Waals surface area contributed by atoms with E-state index in [2.05, 4.69) is 5.32 Å². The number of benzene rings is 2. The van der Waals surface area contributed by atoms with Crippen molar-refractivity contribution in [1.82, 2.24) is 5.32 Å². The first-order chi connectivity index (χ1) is 9.58. The van der Waals surface area contributed by atoms with Crippen LogP contribution in [0.25, 0.3) is 0 Å². The van der Waals surface area contributed by atoms with Gasteiger partial charge in [-0.15, -0.1) is 0 Å². The van der Waals surface area contributed by atoms with Crippen molar-refractivity contribution in [3.8, 4) is 0 Å². The lowest BCUT2D eigenvalue weighted by Gasteiger charge is -2.15. The monoisotopic (exact) mass is 277 g/mol. The standard InChI is InChI=1S/C15H13F2NO2/c16-12-7-5-10(6-8-12)14(15(19)20)18-9-11-3-1-2-4-13(11)17/h1-8,14,18H,9H2,(H,19,20). The zero-order valence-electron chi connectivity index (χ0n) is 10.5. The van der Waals surface area contributed by atoms with Gasteiger partial charge in [0.15, 0.2) is 0 Å². The van der Waals surface area contributed by atoms with E-state index in [1.54, 1.807) is 18.2 Å². The number of hydrogen-bond donors (Lipinski definition) is 2. The molecule has 0 aromatic heterocycles. The molecule has 2 rings (SSSR count). The molecule has 2 N–H and O–H groups in total. The minimum Gasteiger partial charge on any atom is -0.480 e. The molecule has 1 atom stereocenters. The smallest absolute Gasteiger partial charge is 0.325 e. The number of aliphatic carboxylic acids is 1. The highest BCUT2D eigenvalue weighted by Gasteiger charge is 2.19. The van der Waals surface area contributed by atoms with Crippen LogP contribution < -0.4 is 5.32 Å². The van der Waals surface area contributed by atoms with Crippen molar-refractivity contribution in [2.75, 3.05) is 0 Å². The number of carbonyl (C=O) groups is 1. The average molecular weight is 277 g/mol. The number of carboxylic acid groups (broad SMARTS) is 1. The van der Waals surface area contributed by atoms with Gasteiger partial charge in [-0.2, -0.15) is 0 Å². The molecule has 1 unspecified atom stereocenters. The third-order valence-corrected chi connectivity index (χ3v) is 2.90. The molecule has 0 bridgehead atoms. The molecule has 2 aromatic carbocycles. The van der Waals surface area contributed by atoms with Crippen LogP contribution in [0.15, 0.2) is 48.5 Å². The highest BCUT2D eigenvalue weighted by Crippen LogP contribution is 2.15. The molecule has 0 saturated carbocycles. The predicted octanol–water partition coefficient (Wildman–Crippen LogP) is 2.88. The summed E-state index contributed by atoms with van der Waals surface area (Å²) in [6.07, 6.45) is 0. The maximum Gasteiger partial charge on any atom is 0.325 e. The van der Waals surface area contributed by atoms with Gasteiger partial charge < -0.3 is 5.11 Å². The molecule has 0 heterocycles. The van der Waals surface area contributed by atoms with Gasteiger partial charge in [0.1, 0.15) is 17.7 Å². The molecule has 0 fully saturated rings. The van der Waals surface area contributed by atoms with Crippen LogP contribution in [0.5, 0.6) is 0 Å². The quantitative estimate of drug-likeness (QED) is 0.883. The van der Waals surface area contributed by atoms with Gasteiger partial charge in [0.2, 0.25) is 0 Å². The molecule has 20 heavy (non-hydrogen) atoms. The van der Waals surface area contributed by atoms with Gasteiger partial charge in [-0.05, 0) is 23.8 Å². The van der Waals surface area contributed by atoms with Crippen molar-refractivity contribution in [3.63, 3.8) is 0 Å². The van der Waals surface area contributed by atoms with E-state index in [1.807, 2.05) is 0 Å². The molecular weight excluding hydrogens is 264 g/mol. The zero-order chi connectivity index (χ0) is 14.5. The molecule has 0 aliphatic rings. The van der Waals surface area contributed by atoms with Crippen molar-refractivity contribution >= 4 is 5.97 Å². The van der Waals surface area contributed by atoms with Crippen LogP contribution in [-0.4, -0.2) is 11.1 Å². The number of halogens is 2. The molecule has 0 aliphatic heterocycles. The van der Waals surface area contributed by atoms with Crippen LogP contribution in [0.3, 0.4) is 0 Å². The van der Waals surface area contributed by atoms with Gasteiger partial charge in [0.25, 0.3) is 0 Å². The van der Waals surface area contributed by atoms with Crippen molar-refractivity contribution in [2.24, 2.45) is 0 Å². The van der Waals surface area contributed by atoms with Gasteiger partial charge in [-0.1, -0.05) is 30.3 Å². The summed E-state index contributed by atoms with van der Waals surface area (Å²) in [4.78, 5) is 11.2. The molecule has 3 nitrogen and oxygen atoms in total. The summed E-state index contributed by atoms with van der Waals surface area (Å²) < 4.78 is 26.3. The minimum absolute atomic E-state index is 0.0705. The largest absolute Gasteiger partial charge is 0.480 e. The summed E-state index contributed by atoms with van der Waals surface area (Å²) in [5, 5.41) is 11.9. The fourth-order valence-electron chi connectivity index (χ4n) is 1.86. The van der Waals surface area contributed by atoms with Crippen LogP contribution >= 0.6 is 0 Å². The van der Waals surface area contributed by atoms with Crippen LogP contribution in [-0.2, 0) is 11.3 Å². The molecule has 104 valence electrons. The zero-order valence-corrected chi connectivity index (χ0v) is 10.5. The second-order valence-electron chi connectivity index (χ2n) is 4.30. The Bertz CT molecular complexity index is 599. The lowest BCUT2D eigenvalue weighted by Crippen LogP contribution is -2.28. The Balaban J connectivity index is 2.13. The third-order valence-electron chi connectivity index (χ3n) is 2.90. The normalized spacial score (nSPS) is 12.1. The summed E-state index contributed by atoms with van der Waals surface area (Å²) in [7, 11) is 0. The number of hydrogen-bond acceptors (Lipinski definition) is 2. The van der Waals surface area contributed by atoms with E-state index in [1.165, 1.54) is 30.3 Å². The first-order valence-corrected chi connectivity index (χ1v) is 6.03. The molecule has 0 saturated heterocycles. The lowest BCUT2D eigenvalue weighted by molar-refractivity contribution is -0.139. The fraction of sp³-hybridized carbons (Fsp3) is 0.133. The van der Waals surface area contributed by atoms with Gasteiger partial charge in [0, 0.05) is 12.1 Å². The lowest BCUT2D eigenvalue weighted by atomic mass is 10.1. The number of nitrogens with one attached hydrogen (secondary N) is 1. The van der Waals surface area contributed by atoms with Crippen molar-refractivity contribution in [1.29, 1.82) is 0 Å². The van der Waals surface area contributed by atoms with Crippen LogP contribution in [0.4, 0.5) is 8.78 Å². The topological polar surface area (TPSA) is 49.3 Å². The molecule has 2 aromatic rings. The van der Waals surface area contributed by atoms with Gasteiger partial charge in [-0.3, -0.25) is 10.1 Å².